The molecule has 2 heterocycles. The highest BCUT2D eigenvalue weighted by Crippen LogP contribution is 2.36. The predicted octanol–water partition coefficient (Wildman–Crippen LogP) is 4.73. The summed E-state index contributed by atoms with van der Waals surface area (Å²) in [6.45, 7) is 1.83. The summed E-state index contributed by atoms with van der Waals surface area (Å²) >= 11 is 3.57. The van der Waals surface area contributed by atoms with Gasteiger partial charge in [-0.1, -0.05) is 34.1 Å². The van der Waals surface area contributed by atoms with E-state index in [0.717, 1.165) is 59.1 Å². The largest absolute Gasteiger partial charge is 0.496 e. The van der Waals surface area contributed by atoms with Crippen LogP contribution in [0.25, 0.3) is 5.70 Å². The lowest BCUT2D eigenvalue weighted by Gasteiger charge is -2.24. The zero-order valence-electron chi connectivity index (χ0n) is 14.2. The minimum absolute atomic E-state index is 0.864. The zero-order chi connectivity index (χ0) is 17.2. The SMILES string of the molecule is COc1ccccc1C1=CN(c2cccc(Br)c2)C2=NCCCCN12. The van der Waals surface area contributed by atoms with Gasteiger partial charge in [-0.05, 0) is 43.2 Å². The molecule has 0 aliphatic carbocycles. The van der Waals surface area contributed by atoms with Crippen molar-refractivity contribution in [3.63, 3.8) is 0 Å². The number of halogens is 1. The lowest BCUT2D eigenvalue weighted by atomic mass is 10.1. The first kappa shape index (κ1) is 16.2. The summed E-state index contributed by atoms with van der Waals surface area (Å²) in [4.78, 5) is 9.35. The fraction of sp³-hybridized carbons (Fsp3) is 0.250. The van der Waals surface area contributed by atoms with Crippen molar-refractivity contribution >= 4 is 33.3 Å². The molecule has 5 heteroatoms. The molecule has 0 aromatic heterocycles. The molecule has 0 spiro atoms. The van der Waals surface area contributed by atoms with Gasteiger partial charge in [0.25, 0.3) is 0 Å². The molecular weight excluding hydrogens is 378 g/mol. The second-order valence-electron chi connectivity index (χ2n) is 6.10. The molecule has 2 aliphatic heterocycles. The molecular formula is C20H20BrN3O. The van der Waals surface area contributed by atoms with Crippen LogP contribution in [-0.2, 0) is 0 Å². The number of para-hydroxylation sites is 1. The lowest BCUT2D eigenvalue weighted by Crippen LogP contribution is -2.34. The van der Waals surface area contributed by atoms with E-state index in [1.165, 1.54) is 0 Å². The smallest absolute Gasteiger partial charge is 0.210 e. The lowest BCUT2D eigenvalue weighted by molar-refractivity contribution is 0.412. The van der Waals surface area contributed by atoms with E-state index in [4.69, 9.17) is 9.73 Å². The fourth-order valence-corrected chi connectivity index (χ4v) is 3.70. The molecule has 4 rings (SSSR count). The van der Waals surface area contributed by atoms with Crippen LogP contribution in [0.15, 0.2) is 64.2 Å². The van der Waals surface area contributed by atoms with Crippen LogP contribution in [0.1, 0.15) is 18.4 Å². The number of anilines is 1. The van der Waals surface area contributed by atoms with Crippen molar-refractivity contribution in [2.75, 3.05) is 25.1 Å². The molecule has 0 N–H and O–H groups in total. The third-order valence-corrected chi connectivity index (χ3v) is 5.00. The number of nitrogens with zero attached hydrogens (tertiary/aromatic N) is 3. The number of hydrogen-bond acceptors (Lipinski definition) is 4. The number of fused-ring (bicyclic) bond motifs is 1. The molecule has 0 fully saturated rings. The Morgan fingerprint density at radius 2 is 1.96 bits per heavy atom. The maximum atomic E-state index is 5.60. The van der Waals surface area contributed by atoms with Gasteiger partial charge >= 0.3 is 0 Å². The van der Waals surface area contributed by atoms with Crippen molar-refractivity contribution in [3.8, 4) is 5.75 Å². The highest BCUT2D eigenvalue weighted by molar-refractivity contribution is 9.10. The molecule has 2 aromatic carbocycles. The Balaban J connectivity index is 1.83. The molecule has 2 aromatic rings. The van der Waals surface area contributed by atoms with Crippen LogP contribution < -0.4 is 9.64 Å². The average Bonchev–Trinajstić information content (AvgIpc) is 2.82. The molecule has 2 aliphatic rings. The summed E-state index contributed by atoms with van der Waals surface area (Å²) < 4.78 is 6.66. The minimum atomic E-state index is 0.864. The van der Waals surface area contributed by atoms with Crippen molar-refractivity contribution < 1.29 is 4.74 Å². The molecule has 128 valence electrons. The van der Waals surface area contributed by atoms with Gasteiger partial charge in [-0.3, -0.25) is 9.89 Å². The van der Waals surface area contributed by atoms with Crippen molar-refractivity contribution in [1.29, 1.82) is 0 Å². The first-order valence-electron chi connectivity index (χ1n) is 8.50. The highest BCUT2D eigenvalue weighted by atomic mass is 79.9. The van der Waals surface area contributed by atoms with Gasteiger partial charge in [0.05, 0.1) is 12.8 Å². The van der Waals surface area contributed by atoms with Gasteiger partial charge in [-0.2, -0.15) is 0 Å². The van der Waals surface area contributed by atoms with E-state index >= 15 is 0 Å². The van der Waals surface area contributed by atoms with E-state index in [0.29, 0.717) is 0 Å². The molecule has 25 heavy (non-hydrogen) atoms. The molecule has 0 atom stereocenters. The number of ether oxygens (including phenoxy) is 1. The Bertz CT molecular complexity index is 846. The van der Waals surface area contributed by atoms with Gasteiger partial charge in [0, 0.05) is 35.0 Å². The Labute approximate surface area is 156 Å². The van der Waals surface area contributed by atoms with Gasteiger partial charge in [0.2, 0.25) is 5.96 Å². The maximum Gasteiger partial charge on any atom is 0.210 e. The molecule has 0 unspecified atom stereocenters. The second-order valence-corrected chi connectivity index (χ2v) is 7.02. The van der Waals surface area contributed by atoms with Crippen LogP contribution in [0.5, 0.6) is 5.75 Å². The normalized spacial score (nSPS) is 16.9. The summed E-state index contributed by atoms with van der Waals surface area (Å²) in [5.74, 6) is 1.88. The summed E-state index contributed by atoms with van der Waals surface area (Å²) in [6.07, 6.45) is 4.42. The number of aliphatic imine (C=N–C) groups is 1. The van der Waals surface area contributed by atoms with E-state index in [-0.39, 0.29) is 0 Å². The van der Waals surface area contributed by atoms with Crippen LogP contribution in [0.2, 0.25) is 0 Å². The Morgan fingerprint density at radius 3 is 2.80 bits per heavy atom. The van der Waals surface area contributed by atoms with Crippen molar-refractivity contribution in [2.24, 2.45) is 4.99 Å². The summed E-state index contributed by atoms with van der Waals surface area (Å²) in [5, 5.41) is 0. The number of methoxy groups -OCH3 is 1. The first-order valence-corrected chi connectivity index (χ1v) is 9.29. The number of guanidine groups is 1. The highest BCUT2D eigenvalue weighted by Gasteiger charge is 2.32. The number of benzene rings is 2. The standard InChI is InChI=1S/C20H20BrN3O/c1-25-19-10-3-2-9-17(19)18-14-24(16-8-6-7-15(21)13-16)20-22-11-4-5-12-23(18)20/h2-3,6-10,13-14H,4-5,11-12H2,1H3. The number of rotatable bonds is 3. The van der Waals surface area contributed by atoms with Gasteiger partial charge in [0.1, 0.15) is 5.75 Å². The van der Waals surface area contributed by atoms with E-state index < -0.39 is 0 Å². The van der Waals surface area contributed by atoms with E-state index in [1.807, 2.05) is 18.2 Å². The molecule has 0 bridgehead atoms. The predicted molar refractivity (Wildman–Crippen MR) is 106 cm³/mol. The van der Waals surface area contributed by atoms with Gasteiger partial charge in [0.15, 0.2) is 0 Å². The van der Waals surface area contributed by atoms with Gasteiger partial charge in [-0.15, -0.1) is 0 Å². The van der Waals surface area contributed by atoms with E-state index in [1.54, 1.807) is 7.11 Å². The zero-order valence-corrected chi connectivity index (χ0v) is 15.7. The van der Waals surface area contributed by atoms with Crippen LogP contribution >= 0.6 is 15.9 Å². The van der Waals surface area contributed by atoms with Gasteiger partial charge in [-0.25, -0.2) is 0 Å². The fourth-order valence-electron chi connectivity index (χ4n) is 3.32. The molecule has 0 radical (unpaired) electrons. The molecule has 4 nitrogen and oxygen atoms in total. The van der Waals surface area contributed by atoms with Gasteiger partial charge < -0.3 is 9.64 Å². The van der Waals surface area contributed by atoms with Crippen molar-refractivity contribution in [2.45, 2.75) is 12.8 Å². The van der Waals surface area contributed by atoms with E-state index in [9.17, 15) is 0 Å². The maximum absolute atomic E-state index is 5.60. The molecule has 0 saturated carbocycles. The number of hydrogen-bond donors (Lipinski definition) is 0. The topological polar surface area (TPSA) is 28.1 Å². The van der Waals surface area contributed by atoms with Crippen molar-refractivity contribution in [1.82, 2.24) is 4.90 Å². The minimum Gasteiger partial charge on any atom is -0.496 e. The summed E-state index contributed by atoms with van der Waals surface area (Å²) in [7, 11) is 1.72. The quantitative estimate of drug-likeness (QED) is 0.749. The molecule has 0 amide bonds. The Hall–Kier alpha value is -2.27. The monoisotopic (exact) mass is 397 g/mol. The third-order valence-electron chi connectivity index (χ3n) is 4.51. The van der Waals surface area contributed by atoms with Crippen molar-refractivity contribution in [3.05, 3.63) is 64.8 Å². The third kappa shape index (κ3) is 3.04. The first-order chi connectivity index (χ1) is 12.3. The van der Waals surface area contributed by atoms with Crippen LogP contribution in [0.3, 0.4) is 0 Å². The summed E-state index contributed by atoms with van der Waals surface area (Å²) in [6, 6.07) is 16.5. The summed E-state index contributed by atoms with van der Waals surface area (Å²) in [5.41, 5.74) is 3.33. The van der Waals surface area contributed by atoms with Crippen LogP contribution in [0, 0.1) is 0 Å². The molecule has 0 saturated heterocycles. The second kappa shape index (κ2) is 6.92. The Morgan fingerprint density at radius 1 is 1.08 bits per heavy atom. The van der Waals surface area contributed by atoms with Crippen LogP contribution in [0.4, 0.5) is 5.69 Å². The average molecular weight is 398 g/mol. The Kier molecular flexibility index (Phi) is 4.49. The van der Waals surface area contributed by atoms with Crippen LogP contribution in [-0.4, -0.2) is 31.1 Å². The van der Waals surface area contributed by atoms with E-state index in [2.05, 4.69) is 62.3 Å².